The maximum atomic E-state index is 13.4. The molecule has 1 aliphatic heterocycles. The molecule has 0 spiro atoms. The zero-order valence-corrected chi connectivity index (χ0v) is 14.5. The maximum Gasteiger partial charge on any atom is 0.240 e. The Morgan fingerprint density at radius 2 is 1.73 bits per heavy atom. The summed E-state index contributed by atoms with van der Waals surface area (Å²) in [6, 6.07) is 9.64. The minimum Gasteiger partial charge on any atom is -0.338 e. The fraction of sp³-hybridized carbons (Fsp3) is 0.350. The highest BCUT2D eigenvalue weighted by Gasteiger charge is 2.32. The molecule has 1 amide bonds. The first kappa shape index (κ1) is 18.5. The standard InChI is InChI=1S/C20H21F3N2O/c1-12(19(24)20(26)25-7-6-16(21)11-25)13-2-4-14(5-3-13)15-8-17(22)10-18(23)9-15/h2-5,8-10,12,16,19H,6-7,11,24H2,1H3/t12-,16-,19-/m0/s1. The first-order chi connectivity index (χ1) is 12.3. The SMILES string of the molecule is C[C@@H](c1ccc(-c2cc(F)cc(F)c2)cc1)[C@H](N)C(=O)N1CC[C@H](F)C1. The van der Waals surface area contributed by atoms with E-state index in [4.69, 9.17) is 5.73 Å². The second kappa shape index (κ2) is 7.50. The van der Waals surface area contributed by atoms with Crippen molar-refractivity contribution < 1.29 is 18.0 Å². The van der Waals surface area contributed by atoms with Crippen molar-refractivity contribution in [1.29, 1.82) is 0 Å². The minimum absolute atomic E-state index is 0.101. The van der Waals surface area contributed by atoms with Crippen LogP contribution in [0.5, 0.6) is 0 Å². The van der Waals surface area contributed by atoms with E-state index in [-0.39, 0.29) is 18.4 Å². The van der Waals surface area contributed by atoms with Crippen molar-refractivity contribution in [3.05, 3.63) is 59.7 Å². The number of halogens is 3. The van der Waals surface area contributed by atoms with Gasteiger partial charge in [0.25, 0.3) is 0 Å². The number of amides is 1. The number of nitrogens with zero attached hydrogens (tertiary/aromatic N) is 1. The van der Waals surface area contributed by atoms with E-state index >= 15 is 0 Å². The first-order valence-electron chi connectivity index (χ1n) is 8.60. The van der Waals surface area contributed by atoms with E-state index in [1.807, 2.05) is 6.92 Å². The van der Waals surface area contributed by atoms with Crippen LogP contribution in [0, 0.1) is 11.6 Å². The Hall–Kier alpha value is -2.34. The van der Waals surface area contributed by atoms with E-state index in [0.717, 1.165) is 11.6 Å². The van der Waals surface area contributed by atoms with Crippen molar-refractivity contribution in [3.8, 4) is 11.1 Å². The average molecular weight is 362 g/mol. The Morgan fingerprint density at radius 3 is 2.27 bits per heavy atom. The molecule has 138 valence electrons. The molecule has 26 heavy (non-hydrogen) atoms. The van der Waals surface area contributed by atoms with Crippen LogP contribution in [0.3, 0.4) is 0 Å². The van der Waals surface area contributed by atoms with E-state index < -0.39 is 23.8 Å². The van der Waals surface area contributed by atoms with E-state index in [1.165, 1.54) is 17.0 Å². The number of benzene rings is 2. The van der Waals surface area contributed by atoms with E-state index in [9.17, 15) is 18.0 Å². The van der Waals surface area contributed by atoms with Gasteiger partial charge in [0.1, 0.15) is 17.8 Å². The topological polar surface area (TPSA) is 46.3 Å². The van der Waals surface area contributed by atoms with Crippen molar-refractivity contribution in [2.24, 2.45) is 5.73 Å². The van der Waals surface area contributed by atoms with Gasteiger partial charge in [-0.2, -0.15) is 0 Å². The summed E-state index contributed by atoms with van der Waals surface area (Å²) in [5, 5.41) is 0. The van der Waals surface area contributed by atoms with Gasteiger partial charge in [-0.15, -0.1) is 0 Å². The van der Waals surface area contributed by atoms with Crippen molar-refractivity contribution in [2.75, 3.05) is 13.1 Å². The summed E-state index contributed by atoms with van der Waals surface area (Å²) in [4.78, 5) is 13.9. The molecule has 0 aliphatic carbocycles. The fourth-order valence-corrected chi connectivity index (χ4v) is 3.25. The molecule has 1 fully saturated rings. The number of carbonyl (C=O) groups is 1. The summed E-state index contributed by atoms with van der Waals surface area (Å²) >= 11 is 0. The van der Waals surface area contributed by atoms with Gasteiger partial charge in [-0.1, -0.05) is 31.2 Å². The van der Waals surface area contributed by atoms with Crippen LogP contribution < -0.4 is 5.73 Å². The maximum absolute atomic E-state index is 13.4. The van der Waals surface area contributed by atoms with Gasteiger partial charge in [0.05, 0.1) is 12.6 Å². The van der Waals surface area contributed by atoms with Crippen LogP contribution in [0.15, 0.2) is 42.5 Å². The van der Waals surface area contributed by atoms with Gasteiger partial charge in [-0.25, -0.2) is 13.2 Å². The number of alkyl halides is 1. The Kier molecular flexibility index (Phi) is 5.32. The van der Waals surface area contributed by atoms with Gasteiger partial charge in [0.15, 0.2) is 0 Å². The monoisotopic (exact) mass is 362 g/mol. The van der Waals surface area contributed by atoms with Gasteiger partial charge >= 0.3 is 0 Å². The van der Waals surface area contributed by atoms with Gasteiger partial charge in [-0.05, 0) is 35.2 Å². The Labute approximate surface area is 150 Å². The number of rotatable bonds is 4. The van der Waals surface area contributed by atoms with Gasteiger partial charge < -0.3 is 10.6 Å². The number of hydrogen-bond donors (Lipinski definition) is 1. The highest BCUT2D eigenvalue weighted by Crippen LogP contribution is 2.26. The van der Waals surface area contributed by atoms with Gasteiger partial charge in [-0.3, -0.25) is 4.79 Å². The lowest BCUT2D eigenvalue weighted by atomic mass is 9.91. The molecule has 3 rings (SSSR count). The highest BCUT2D eigenvalue weighted by molar-refractivity contribution is 5.83. The van der Waals surface area contributed by atoms with Crippen LogP contribution in [0.25, 0.3) is 11.1 Å². The van der Waals surface area contributed by atoms with Crippen molar-refractivity contribution >= 4 is 5.91 Å². The highest BCUT2D eigenvalue weighted by atomic mass is 19.1. The van der Waals surface area contributed by atoms with Crippen LogP contribution in [-0.4, -0.2) is 36.1 Å². The van der Waals surface area contributed by atoms with E-state index in [1.54, 1.807) is 24.3 Å². The Bertz CT molecular complexity index is 774. The van der Waals surface area contributed by atoms with Crippen LogP contribution in [-0.2, 0) is 4.79 Å². The molecular weight excluding hydrogens is 341 g/mol. The second-order valence-corrected chi connectivity index (χ2v) is 6.76. The predicted octanol–water partition coefficient (Wildman–Crippen LogP) is 3.63. The zero-order valence-electron chi connectivity index (χ0n) is 14.5. The lowest BCUT2D eigenvalue weighted by Crippen LogP contribution is -2.45. The second-order valence-electron chi connectivity index (χ2n) is 6.76. The molecule has 2 aromatic rings. The summed E-state index contributed by atoms with van der Waals surface area (Å²) < 4.78 is 40.0. The summed E-state index contributed by atoms with van der Waals surface area (Å²) in [5.74, 6) is -1.79. The van der Waals surface area contributed by atoms with Crippen LogP contribution in [0.1, 0.15) is 24.8 Å². The minimum atomic E-state index is -0.979. The predicted molar refractivity (Wildman–Crippen MR) is 94.3 cm³/mol. The summed E-state index contributed by atoms with van der Waals surface area (Å²) in [7, 11) is 0. The van der Waals surface area contributed by atoms with Gasteiger partial charge in [0, 0.05) is 18.5 Å². The zero-order chi connectivity index (χ0) is 18.8. The molecule has 2 aromatic carbocycles. The lowest BCUT2D eigenvalue weighted by Gasteiger charge is -2.25. The fourth-order valence-electron chi connectivity index (χ4n) is 3.25. The summed E-state index contributed by atoms with van der Waals surface area (Å²) in [5.41, 5.74) is 8.03. The molecule has 3 nitrogen and oxygen atoms in total. The number of hydrogen-bond acceptors (Lipinski definition) is 2. The number of likely N-dealkylation sites (tertiary alicyclic amines) is 1. The van der Waals surface area contributed by atoms with Crippen LogP contribution in [0.4, 0.5) is 13.2 Å². The lowest BCUT2D eigenvalue weighted by molar-refractivity contribution is -0.132. The quantitative estimate of drug-likeness (QED) is 0.903. The Balaban J connectivity index is 1.74. The molecule has 1 heterocycles. The molecular formula is C20H21F3N2O. The molecule has 1 aliphatic rings. The van der Waals surface area contributed by atoms with Crippen molar-refractivity contribution in [2.45, 2.75) is 31.5 Å². The van der Waals surface area contributed by atoms with Gasteiger partial charge in [0.2, 0.25) is 5.91 Å². The molecule has 3 atom stereocenters. The molecule has 0 radical (unpaired) electrons. The molecule has 6 heteroatoms. The van der Waals surface area contributed by atoms with Crippen LogP contribution >= 0.6 is 0 Å². The number of carbonyl (C=O) groups excluding carboxylic acids is 1. The number of nitrogens with two attached hydrogens (primary N) is 1. The molecule has 1 saturated heterocycles. The Morgan fingerprint density at radius 1 is 1.12 bits per heavy atom. The van der Waals surface area contributed by atoms with Crippen LogP contribution in [0.2, 0.25) is 0 Å². The molecule has 0 unspecified atom stereocenters. The van der Waals surface area contributed by atoms with E-state index in [0.29, 0.717) is 24.1 Å². The van der Waals surface area contributed by atoms with Crippen molar-refractivity contribution in [3.63, 3.8) is 0 Å². The third-order valence-electron chi connectivity index (χ3n) is 4.90. The normalized spacial score (nSPS) is 19.4. The third-order valence-corrected chi connectivity index (χ3v) is 4.90. The van der Waals surface area contributed by atoms with Crippen molar-refractivity contribution in [1.82, 2.24) is 4.90 Å². The molecule has 0 bridgehead atoms. The molecule has 0 aromatic heterocycles. The first-order valence-corrected chi connectivity index (χ1v) is 8.60. The summed E-state index contributed by atoms with van der Waals surface area (Å²) in [6.45, 7) is 2.33. The summed E-state index contributed by atoms with van der Waals surface area (Å²) in [6.07, 6.45) is -0.626. The smallest absolute Gasteiger partial charge is 0.240 e. The van der Waals surface area contributed by atoms with E-state index in [2.05, 4.69) is 0 Å². The molecule has 2 N–H and O–H groups in total. The average Bonchev–Trinajstić information content (AvgIpc) is 3.05. The molecule has 0 saturated carbocycles. The largest absolute Gasteiger partial charge is 0.338 e. The third kappa shape index (κ3) is 3.90.